The van der Waals surface area contributed by atoms with Crippen molar-refractivity contribution >= 4 is 33.7 Å². The Balaban J connectivity index is 1.96. The fourth-order valence-electron chi connectivity index (χ4n) is 3.54. The summed E-state index contributed by atoms with van der Waals surface area (Å²) in [5.74, 6) is 0.0449. The Morgan fingerprint density at radius 1 is 1.25 bits per heavy atom. The van der Waals surface area contributed by atoms with Gasteiger partial charge in [-0.2, -0.15) is 0 Å². The molecular formula is C21H22N4O3. The molecule has 0 aliphatic heterocycles. The summed E-state index contributed by atoms with van der Waals surface area (Å²) in [6.45, 7) is 7.58. The summed E-state index contributed by atoms with van der Waals surface area (Å²) in [6.07, 6.45) is 4.74. The van der Waals surface area contributed by atoms with Crippen LogP contribution < -0.4 is 5.73 Å². The second kappa shape index (κ2) is 6.37. The first kappa shape index (κ1) is 18.0. The van der Waals surface area contributed by atoms with E-state index in [1.54, 1.807) is 12.5 Å². The van der Waals surface area contributed by atoms with E-state index in [9.17, 15) is 4.79 Å². The van der Waals surface area contributed by atoms with Crippen LogP contribution in [0.15, 0.2) is 41.5 Å². The number of rotatable bonds is 3. The van der Waals surface area contributed by atoms with Crippen LogP contribution in [0.4, 0.5) is 5.82 Å². The van der Waals surface area contributed by atoms with E-state index in [4.69, 9.17) is 14.9 Å². The first-order chi connectivity index (χ1) is 13.2. The summed E-state index contributed by atoms with van der Waals surface area (Å²) in [7, 11) is 0. The molecule has 0 fully saturated rings. The van der Waals surface area contributed by atoms with Gasteiger partial charge >= 0.3 is 5.97 Å². The molecule has 3 aromatic heterocycles. The predicted molar refractivity (Wildman–Crippen MR) is 108 cm³/mol. The van der Waals surface area contributed by atoms with E-state index in [1.807, 2.05) is 44.4 Å². The number of fused-ring (bicyclic) bond motifs is 3. The van der Waals surface area contributed by atoms with Gasteiger partial charge in [-0.25, -0.2) is 9.97 Å². The molecule has 28 heavy (non-hydrogen) atoms. The minimum absolute atomic E-state index is 0.0413. The lowest BCUT2D eigenvalue weighted by molar-refractivity contribution is -0.155. The molecule has 1 aromatic carbocycles. The maximum absolute atomic E-state index is 12.5. The quantitative estimate of drug-likeness (QED) is 0.540. The van der Waals surface area contributed by atoms with Gasteiger partial charge in [-0.05, 0) is 57.0 Å². The van der Waals surface area contributed by atoms with Crippen LogP contribution in [0.25, 0.3) is 33.1 Å². The van der Waals surface area contributed by atoms with Gasteiger partial charge in [-0.3, -0.25) is 4.79 Å². The summed E-state index contributed by atoms with van der Waals surface area (Å²) in [5, 5.41) is 1.63. The normalized spacial score (nSPS) is 12.0. The molecule has 7 nitrogen and oxygen atoms in total. The molecule has 4 rings (SSSR count). The third-order valence-electron chi connectivity index (χ3n) is 4.51. The van der Waals surface area contributed by atoms with Crippen molar-refractivity contribution in [1.82, 2.24) is 14.5 Å². The van der Waals surface area contributed by atoms with Crippen LogP contribution in [-0.4, -0.2) is 26.1 Å². The molecule has 0 amide bonds. The third kappa shape index (κ3) is 3.09. The van der Waals surface area contributed by atoms with Gasteiger partial charge in [0.25, 0.3) is 0 Å². The van der Waals surface area contributed by atoms with Crippen molar-refractivity contribution in [3.8, 4) is 11.1 Å². The molecule has 0 bridgehead atoms. The van der Waals surface area contributed by atoms with Crippen LogP contribution >= 0.6 is 0 Å². The molecule has 2 N–H and O–H groups in total. The number of esters is 1. The van der Waals surface area contributed by atoms with Crippen LogP contribution in [0.5, 0.6) is 0 Å². The van der Waals surface area contributed by atoms with Crippen molar-refractivity contribution in [3.63, 3.8) is 0 Å². The van der Waals surface area contributed by atoms with Gasteiger partial charge in [0.2, 0.25) is 0 Å². The zero-order chi connectivity index (χ0) is 20.1. The lowest BCUT2D eigenvalue weighted by Crippen LogP contribution is -2.26. The molecule has 0 saturated carbocycles. The fraction of sp³-hybridized carbons (Fsp3) is 0.286. The number of hydrogen-bond acceptors (Lipinski definition) is 6. The highest BCUT2D eigenvalue weighted by atomic mass is 16.6. The molecule has 0 atom stereocenters. The number of nitrogens with zero attached hydrogens (tertiary/aromatic N) is 3. The number of anilines is 1. The Morgan fingerprint density at radius 2 is 2.04 bits per heavy atom. The van der Waals surface area contributed by atoms with Crippen molar-refractivity contribution in [2.75, 3.05) is 5.73 Å². The number of carbonyl (C=O) groups excluding carboxylic acids is 1. The lowest BCUT2D eigenvalue weighted by atomic mass is 10.0. The van der Waals surface area contributed by atoms with Gasteiger partial charge in [0, 0.05) is 10.9 Å². The molecule has 0 aliphatic carbocycles. The summed E-state index contributed by atoms with van der Waals surface area (Å²) < 4.78 is 12.6. The molecule has 144 valence electrons. The SMILES string of the molecule is Cc1cc(-c2ccoc2)cc2c3c(N)ncnc3n(CC(=O)OC(C)(C)C)c12. The zero-order valence-corrected chi connectivity index (χ0v) is 16.3. The Hall–Kier alpha value is -3.35. The number of aryl methyl sites for hydroxylation is 1. The summed E-state index contributed by atoms with van der Waals surface area (Å²) in [5.41, 5.74) is 10.1. The van der Waals surface area contributed by atoms with Crippen LogP contribution in [0.3, 0.4) is 0 Å². The highest BCUT2D eigenvalue weighted by molar-refractivity contribution is 6.13. The monoisotopic (exact) mass is 378 g/mol. The average molecular weight is 378 g/mol. The third-order valence-corrected chi connectivity index (χ3v) is 4.51. The van der Waals surface area contributed by atoms with Crippen molar-refractivity contribution in [1.29, 1.82) is 0 Å². The number of nitrogen functional groups attached to an aromatic ring is 1. The predicted octanol–water partition coefficient (Wildman–Crippen LogP) is 4.08. The van der Waals surface area contributed by atoms with Crippen LogP contribution in [0, 0.1) is 6.92 Å². The van der Waals surface area contributed by atoms with E-state index in [0.29, 0.717) is 11.5 Å². The molecule has 0 spiro atoms. The number of hydrogen-bond donors (Lipinski definition) is 1. The minimum atomic E-state index is -0.562. The van der Waals surface area contributed by atoms with Crippen LogP contribution in [0.2, 0.25) is 0 Å². The van der Waals surface area contributed by atoms with Gasteiger partial charge in [0.15, 0.2) is 0 Å². The van der Waals surface area contributed by atoms with Crippen molar-refractivity contribution in [3.05, 3.63) is 42.6 Å². The molecule has 0 aliphatic rings. The number of furan rings is 1. The van der Waals surface area contributed by atoms with Gasteiger partial charge in [-0.1, -0.05) is 0 Å². The Kier molecular flexibility index (Phi) is 4.10. The van der Waals surface area contributed by atoms with E-state index in [0.717, 1.165) is 33.0 Å². The molecule has 0 saturated heterocycles. The second-order valence-electron chi connectivity index (χ2n) is 7.83. The Bertz CT molecular complexity index is 1180. The summed E-state index contributed by atoms with van der Waals surface area (Å²) >= 11 is 0. The Morgan fingerprint density at radius 3 is 2.71 bits per heavy atom. The largest absolute Gasteiger partial charge is 0.472 e. The highest BCUT2D eigenvalue weighted by Gasteiger charge is 2.22. The molecule has 7 heteroatoms. The molecule has 0 unspecified atom stereocenters. The standard InChI is InChI=1S/C21H22N4O3/c1-12-7-14(13-5-6-27-10-13)8-15-17-19(22)23-11-24-20(17)25(18(12)15)9-16(26)28-21(2,3)4/h5-8,10-11H,9H2,1-4H3,(H2,22,23,24). The maximum atomic E-state index is 12.5. The first-order valence-electron chi connectivity index (χ1n) is 9.02. The zero-order valence-electron chi connectivity index (χ0n) is 16.3. The van der Waals surface area contributed by atoms with E-state index in [2.05, 4.69) is 16.0 Å². The summed E-state index contributed by atoms with van der Waals surface area (Å²) in [4.78, 5) is 21.1. The number of nitrogens with two attached hydrogens (primary N) is 1. The smallest absolute Gasteiger partial charge is 0.326 e. The average Bonchev–Trinajstić information content (AvgIpc) is 3.21. The highest BCUT2D eigenvalue weighted by Crippen LogP contribution is 2.36. The number of ether oxygens (including phenoxy) is 1. The molecule has 0 radical (unpaired) electrons. The Labute approximate surface area is 162 Å². The number of carbonyl (C=O) groups is 1. The van der Waals surface area contributed by atoms with Crippen LogP contribution in [-0.2, 0) is 16.1 Å². The van der Waals surface area contributed by atoms with Crippen molar-refractivity contribution in [2.24, 2.45) is 0 Å². The van der Waals surface area contributed by atoms with Gasteiger partial charge in [0.1, 0.15) is 29.9 Å². The molecular weight excluding hydrogens is 356 g/mol. The van der Waals surface area contributed by atoms with E-state index in [1.165, 1.54) is 6.33 Å². The molecule has 4 aromatic rings. The van der Waals surface area contributed by atoms with Crippen molar-refractivity contribution in [2.45, 2.75) is 39.8 Å². The van der Waals surface area contributed by atoms with Crippen molar-refractivity contribution < 1.29 is 13.9 Å². The van der Waals surface area contributed by atoms with E-state index >= 15 is 0 Å². The minimum Gasteiger partial charge on any atom is -0.472 e. The van der Waals surface area contributed by atoms with Gasteiger partial charge in [0.05, 0.1) is 23.4 Å². The molecule has 3 heterocycles. The van der Waals surface area contributed by atoms with Crippen LogP contribution in [0.1, 0.15) is 26.3 Å². The fourth-order valence-corrected chi connectivity index (χ4v) is 3.54. The number of benzene rings is 1. The van der Waals surface area contributed by atoms with E-state index in [-0.39, 0.29) is 12.5 Å². The summed E-state index contributed by atoms with van der Waals surface area (Å²) in [6, 6.07) is 5.99. The maximum Gasteiger partial charge on any atom is 0.326 e. The first-order valence-corrected chi connectivity index (χ1v) is 9.02. The number of aromatic nitrogens is 3. The van der Waals surface area contributed by atoms with Gasteiger partial charge in [-0.15, -0.1) is 0 Å². The second-order valence-corrected chi connectivity index (χ2v) is 7.83. The lowest BCUT2D eigenvalue weighted by Gasteiger charge is -2.20. The van der Waals surface area contributed by atoms with Gasteiger partial charge < -0.3 is 19.5 Å². The van der Waals surface area contributed by atoms with E-state index < -0.39 is 5.60 Å². The topological polar surface area (TPSA) is 96.2 Å².